The smallest absolute Gasteiger partial charge is 0.250 e. The fraction of sp³-hybridized carbons (Fsp3) is 0.571. The van der Waals surface area contributed by atoms with Gasteiger partial charge in [-0.05, 0) is 50.8 Å². The molecule has 5 heteroatoms. The summed E-state index contributed by atoms with van der Waals surface area (Å²) in [7, 11) is 0. The highest BCUT2D eigenvalue weighted by Gasteiger charge is 2.40. The largest absolute Gasteiger partial charge is 0.367 e. The van der Waals surface area contributed by atoms with Crippen LogP contribution >= 0.6 is 0 Å². The van der Waals surface area contributed by atoms with E-state index in [0.29, 0.717) is 17.1 Å². The molecule has 1 atom stereocenters. The maximum absolute atomic E-state index is 11.0. The Morgan fingerprint density at radius 1 is 1.47 bits per heavy atom. The molecule has 1 saturated carbocycles. The zero-order valence-corrected chi connectivity index (χ0v) is 11.0. The first kappa shape index (κ1) is 12.4. The van der Waals surface area contributed by atoms with Gasteiger partial charge < -0.3 is 16.4 Å². The first-order chi connectivity index (χ1) is 9.17. The molecule has 19 heavy (non-hydrogen) atoms. The Labute approximate surface area is 113 Å². The van der Waals surface area contributed by atoms with Crippen molar-refractivity contribution in [3.05, 3.63) is 23.9 Å². The number of hydrogen-bond acceptors (Lipinski definition) is 4. The molecule has 3 rings (SSSR count). The molecular formula is C14H20N4O. The number of piperidine rings is 1. The second-order valence-corrected chi connectivity index (χ2v) is 5.69. The second kappa shape index (κ2) is 4.81. The topological polar surface area (TPSA) is 80.0 Å². The van der Waals surface area contributed by atoms with Gasteiger partial charge in [0.25, 0.3) is 0 Å². The third kappa shape index (κ3) is 2.56. The quantitative estimate of drug-likeness (QED) is 0.764. The lowest BCUT2D eigenvalue weighted by atomic mass is 9.70. The molecule has 1 spiro atoms. The summed E-state index contributed by atoms with van der Waals surface area (Å²) in [6.07, 6.45) is 7.72. The summed E-state index contributed by atoms with van der Waals surface area (Å²) >= 11 is 0. The molecule has 1 amide bonds. The van der Waals surface area contributed by atoms with Crippen LogP contribution in [0.1, 0.15) is 42.5 Å². The van der Waals surface area contributed by atoms with Crippen LogP contribution in [0.4, 0.5) is 5.82 Å². The molecule has 0 aromatic carbocycles. The molecule has 2 fully saturated rings. The van der Waals surface area contributed by atoms with Crippen LogP contribution in [-0.4, -0.2) is 29.0 Å². The normalized spacial score (nSPS) is 24.7. The number of pyridine rings is 1. The highest BCUT2D eigenvalue weighted by atomic mass is 16.1. The lowest BCUT2D eigenvalue weighted by molar-refractivity contribution is 0.1000. The highest BCUT2D eigenvalue weighted by Crippen LogP contribution is 2.38. The van der Waals surface area contributed by atoms with Crippen molar-refractivity contribution in [3.63, 3.8) is 0 Å². The molecule has 102 valence electrons. The Kier molecular flexibility index (Phi) is 3.14. The van der Waals surface area contributed by atoms with Crippen LogP contribution < -0.4 is 16.4 Å². The Morgan fingerprint density at radius 2 is 2.32 bits per heavy atom. The minimum absolute atomic E-state index is 0.378. The molecule has 1 aliphatic carbocycles. The molecule has 4 N–H and O–H groups in total. The van der Waals surface area contributed by atoms with Gasteiger partial charge in [0.05, 0.1) is 5.56 Å². The van der Waals surface area contributed by atoms with E-state index >= 15 is 0 Å². The fourth-order valence-electron chi connectivity index (χ4n) is 3.10. The SMILES string of the molecule is NC(=O)c1ccc(NC2CCNC3(CCC3)C2)nc1. The summed E-state index contributed by atoms with van der Waals surface area (Å²) in [5.41, 5.74) is 6.03. The number of carbonyl (C=O) groups is 1. The van der Waals surface area contributed by atoms with Crippen molar-refractivity contribution in [2.24, 2.45) is 5.73 Å². The molecule has 1 aliphatic heterocycles. The molecule has 2 heterocycles. The summed E-state index contributed by atoms with van der Waals surface area (Å²) in [5.74, 6) is 0.390. The third-order valence-electron chi connectivity index (χ3n) is 4.34. The van der Waals surface area contributed by atoms with E-state index in [1.165, 1.54) is 25.5 Å². The number of nitrogens with two attached hydrogens (primary N) is 1. The van der Waals surface area contributed by atoms with Crippen molar-refractivity contribution in [2.75, 3.05) is 11.9 Å². The van der Waals surface area contributed by atoms with E-state index in [-0.39, 0.29) is 0 Å². The van der Waals surface area contributed by atoms with Crippen molar-refractivity contribution in [1.29, 1.82) is 0 Å². The Hall–Kier alpha value is -1.62. The van der Waals surface area contributed by atoms with E-state index in [4.69, 9.17) is 5.73 Å². The summed E-state index contributed by atoms with van der Waals surface area (Å²) < 4.78 is 0. The van der Waals surface area contributed by atoms with Crippen molar-refractivity contribution < 1.29 is 4.79 Å². The van der Waals surface area contributed by atoms with Crippen LogP contribution in [0.15, 0.2) is 18.3 Å². The standard InChI is InChI=1S/C14H20N4O/c15-13(19)10-2-3-12(16-9-10)18-11-4-7-17-14(8-11)5-1-6-14/h2-3,9,11,17H,1,4-8H2,(H2,15,19)(H,16,18). The van der Waals surface area contributed by atoms with Crippen LogP contribution in [0, 0.1) is 0 Å². The number of anilines is 1. The number of nitrogens with zero attached hydrogens (tertiary/aromatic N) is 1. The van der Waals surface area contributed by atoms with E-state index in [1.54, 1.807) is 6.07 Å². The van der Waals surface area contributed by atoms with Gasteiger partial charge in [-0.3, -0.25) is 4.79 Å². The van der Waals surface area contributed by atoms with Gasteiger partial charge in [-0.2, -0.15) is 0 Å². The molecule has 0 radical (unpaired) electrons. The maximum Gasteiger partial charge on any atom is 0.250 e. The summed E-state index contributed by atoms with van der Waals surface area (Å²) in [6, 6.07) is 4.02. The number of carbonyl (C=O) groups excluding carboxylic acids is 1. The zero-order valence-electron chi connectivity index (χ0n) is 11.0. The lowest BCUT2D eigenvalue weighted by Crippen LogP contribution is -2.58. The van der Waals surface area contributed by atoms with E-state index in [0.717, 1.165) is 25.2 Å². The van der Waals surface area contributed by atoms with E-state index in [2.05, 4.69) is 15.6 Å². The zero-order chi connectivity index (χ0) is 13.3. The van der Waals surface area contributed by atoms with Crippen LogP contribution in [0.2, 0.25) is 0 Å². The number of amides is 1. The van der Waals surface area contributed by atoms with E-state index < -0.39 is 5.91 Å². The van der Waals surface area contributed by atoms with Gasteiger partial charge in [0.15, 0.2) is 0 Å². The monoisotopic (exact) mass is 260 g/mol. The highest BCUT2D eigenvalue weighted by molar-refractivity contribution is 5.92. The first-order valence-corrected chi connectivity index (χ1v) is 6.94. The minimum Gasteiger partial charge on any atom is -0.367 e. The second-order valence-electron chi connectivity index (χ2n) is 5.69. The van der Waals surface area contributed by atoms with E-state index in [9.17, 15) is 4.79 Å². The predicted octanol–water partition coefficient (Wildman–Crippen LogP) is 1.27. The predicted molar refractivity (Wildman–Crippen MR) is 74.0 cm³/mol. The molecule has 2 aliphatic rings. The Balaban J connectivity index is 1.62. The number of primary amides is 1. The minimum atomic E-state index is -0.436. The summed E-state index contributed by atoms with van der Waals surface area (Å²) in [6.45, 7) is 1.07. The average molecular weight is 260 g/mol. The van der Waals surface area contributed by atoms with Crippen LogP contribution in [-0.2, 0) is 0 Å². The van der Waals surface area contributed by atoms with Crippen molar-refractivity contribution in [1.82, 2.24) is 10.3 Å². The maximum atomic E-state index is 11.0. The summed E-state index contributed by atoms with van der Waals surface area (Å²) in [5, 5.41) is 7.12. The van der Waals surface area contributed by atoms with Crippen molar-refractivity contribution in [2.45, 2.75) is 43.7 Å². The number of aromatic nitrogens is 1. The molecule has 1 aromatic rings. The Morgan fingerprint density at radius 3 is 2.89 bits per heavy atom. The number of rotatable bonds is 3. The van der Waals surface area contributed by atoms with Crippen LogP contribution in [0.5, 0.6) is 0 Å². The van der Waals surface area contributed by atoms with Gasteiger partial charge in [0.2, 0.25) is 5.91 Å². The number of hydrogen-bond donors (Lipinski definition) is 3. The molecule has 1 aromatic heterocycles. The Bertz CT molecular complexity index is 467. The van der Waals surface area contributed by atoms with Gasteiger partial charge in [-0.1, -0.05) is 0 Å². The molecular weight excluding hydrogens is 240 g/mol. The van der Waals surface area contributed by atoms with Crippen LogP contribution in [0.25, 0.3) is 0 Å². The van der Waals surface area contributed by atoms with Crippen molar-refractivity contribution >= 4 is 11.7 Å². The van der Waals surface area contributed by atoms with E-state index in [1.807, 2.05) is 6.07 Å². The van der Waals surface area contributed by atoms with Crippen molar-refractivity contribution in [3.8, 4) is 0 Å². The van der Waals surface area contributed by atoms with Gasteiger partial charge in [0, 0.05) is 17.8 Å². The molecule has 0 bridgehead atoms. The van der Waals surface area contributed by atoms with Gasteiger partial charge in [-0.25, -0.2) is 4.98 Å². The van der Waals surface area contributed by atoms with Gasteiger partial charge in [-0.15, -0.1) is 0 Å². The molecule has 1 saturated heterocycles. The summed E-state index contributed by atoms with van der Waals surface area (Å²) in [4.78, 5) is 15.2. The first-order valence-electron chi connectivity index (χ1n) is 6.94. The number of nitrogens with one attached hydrogen (secondary N) is 2. The average Bonchev–Trinajstić information content (AvgIpc) is 2.38. The fourth-order valence-corrected chi connectivity index (χ4v) is 3.10. The van der Waals surface area contributed by atoms with Gasteiger partial charge in [0.1, 0.15) is 5.82 Å². The lowest BCUT2D eigenvalue weighted by Gasteiger charge is -2.48. The van der Waals surface area contributed by atoms with Crippen LogP contribution in [0.3, 0.4) is 0 Å². The molecule has 1 unspecified atom stereocenters. The molecule has 5 nitrogen and oxygen atoms in total. The van der Waals surface area contributed by atoms with Gasteiger partial charge >= 0.3 is 0 Å². The third-order valence-corrected chi connectivity index (χ3v) is 4.34.